The van der Waals surface area contributed by atoms with Crippen LogP contribution in [0.25, 0.3) is 11.0 Å². The quantitative estimate of drug-likeness (QED) is 0.733. The Bertz CT molecular complexity index is 494. The van der Waals surface area contributed by atoms with Gasteiger partial charge in [-0.25, -0.2) is 4.99 Å². The molecule has 1 aromatic carbocycles. The largest absolute Gasteiger partial charge is 0.475 e. The number of fused-ring (bicyclic) bond motifs is 1. The van der Waals surface area contributed by atoms with Crippen LogP contribution in [0.2, 0.25) is 0 Å². The van der Waals surface area contributed by atoms with Crippen LogP contribution in [0.1, 0.15) is 18.6 Å². The summed E-state index contributed by atoms with van der Waals surface area (Å²) in [6.45, 7) is 1.56. The van der Waals surface area contributed by atoms with Gasteiger partial charge >= 0.3 is 0 Å². The fourth-order valence-corrected chi connectivity index (χ4v) is 1.85. The van der Waals surface area contributed by atoms with Crippen molar-refractivity contribution in [1.29, 1.82) is 0 Å². The van der Waals surface area contributed by atoms with Crippen LogP contribution in [-0.2, 0) is 4.74 Å². The number of nitrogens with zero attached hydrogens (tertiary/aromatic N) is 1. The summed E-state index contributed by atoms with van der Waals surface area (Å²) < 4.78 is 11.3. The maximum atomic E-state index is 5.71. The summed E-state index contributed by atoms with van der Waals surface area (Å²) in [4.78, 5) is 4.39. The molecule has 0 N–H and O–H groups in total. The fraction of sp³-hybridized carbons (Fsp3) is 0.308. The standard InChI is InChI=1S/C13H13NO2/c1-2-6-11-10(5-1)9-12(16-11)13-14-7-3-4-8-15-13/h1-2,5-6,9H,3-4,7-8H2. The first-order valence-corrected chi connectivity index (χ1v) is 5.60. The van der Waals surface area contributed by atoms with E-state index in [0.29, 0.717) is 5.90 Å². The Labute approximate surface area is 93.7 Å². The maximum absolute atomic E-state index is 5.71. The first-order chi connectivity index (χ1) is 7.93. The molecule has 0 atom stereocenters. The molecule has 3 nitrogen and oxygen atoms in total. The molecule has 0 unspecified atom stereocenters. The van der Waals surface area contributed by atoms with Gasteiger partial charge in [-0.1, -0.05) is 18.2 Å². The van der Waals surface area contributed by atoms with Crippen LogP contribution >= 0.6 is 0 Å². The summed E-state index contributed by atoms with van der Waals surface area (Å²) in [7, 11) is 0. The molecule has 0 aliphatic carbocycles. The smallest absolute Gasteiger partial charge is 0.253 e. The van der Waals surface area contributed by atoms with Crippen molar-refractivity contribution in [2.75, 3.05) is 13.2 Å². The molecule has 0 amide bonds. The Hall–Kier alpha value is -1.77. The lowest BCUT2D eigenvalue weighted by Crippen LogP contribution is -2.04. The molecule has 3 heteroatoms. The zero-order valence-corrected chi connectivity index (χ0v) is 8.98. The summed E-state index contributed by atoms with van der Waals surface area (Å²) in [6, 6.07) is 9.93. The number of hydrogen-bond acceptors (Lipinski definition) is 3. The first-order valence-electron chi connectivity index (χ1n) is 5.60. The number of ether oxygens (including phenoxy) is 1. The van der Waals surface area contributed by atoms with Gasteiger partial charge in [0.1, 0.15) is 5.58 Å². The van der Waals surface area contributed by atoms with Crippen molar-refractivity contribution in [3.05, 3.63) is 36.1 Å². The van der Waals surface area contributed by atoms with Gasteiger partial charge in [0, 0.05) is 11.9 Å². The molecule has 0 fully saturated rings. The number of para-hydroxylation sites is 1. The summed E-state index contributed by atoms with van der Waals surface area (Å²) in [6.07, 6.45) is 2.15. The summed E-state index contributed by atoms with van der Waals surface area (Å²) in [5, 5.41) is 1.09. The Morgan fingerprint density at radius 2 is 2.06 bits per heavy atom. The molecule has 0 saturated heterocycles. The van der Waals surface area contributed by atoms with Crippen molar-refractivity contribution < 1.29 is 9.15 Å². The minimum Gasteiger partial charge on any atom is -0.475 e. The SMILES string of the molecule is c1ccc2oc(C3=NCCCCO3)cc2c1. The van der Waals surface area contributed by atoms with E-state index in [1.165, 1.54) is 0 Å². The number of rotatable bonds is 1. The van der Waals surface area contributed by atoms with Crippen LogP contribution in [0.5, 0.6) is 0 Å². The zero-order valence-electron chi connectivity index (χ0n) is 8.98. The van der Waals surface area contributed by atoms with Gasteiger partial charge in [0.05, 0.1) is 6.61 Å². The lowest BCUT2D eigenvalue weighted by atomic mass is 10.2. The highest BCUT2D eigenvalue weighted by molar-refractivity contribution is 5.96. The van der Waals surface area contributed by atoms with E-state index in [1.54, 1.807) is 0 Å². The molecule has 16 heavy (non-hydrogen) atoms. The molecular weight excluding hydrogens is 202 g/mol. The topological polar surface area (TPSA) is 34.7 Å². The van der Waals surface area contributed by atoms with Gasteiger partial charge in [0.15, 0.2) is 5.76 Å². The summed E-state index contributed by atoms with van der Waals surface area (Å²) in [5.41, 5.74) is 0.882. The molecule has 1 aromatic heterocycles. The maximum Gasteiger partial charge on any atom is 0.253 e. The third-order valence-electron chi connectivity index (χ3n) is 2.68. The molecule has 0 saturated carbocycles. The molecular formula is C13H13NO2. The average molecular weight is 215 g/mol. The van der Waals surface area contributed by atoms with Crippen LogP contribution in [0.4, 0.5) is 0 Å². The van der Waals surface area contributed by atoms with Gasteiger partial charge in [0.2, 0.25) is 0 Å². The van der Waals surface area contributed by atoms with E-state index in [-0.39, 0.29) is 0 Å². The number of benzene rings is 1. The number of furan rings is 1. The second-order valence-corrected chi connectivity index (χ2v) is 3.89. The van der Waals surface area contributed by atoms with Crippen molar-refractivity contribution in [2.24, 2.45) is 4.99 Å². The van der Waals surface area contributed by atoms with Gasteiger partial charge in [-0.15, -0.1) is 0 Å². The van der Waals surface area contributed by atoms with Crippen molar-refractivity contribution in [3.63, 3.8) is 0 Å². The van der Waals surface area contributed by atoms with Crippen molar-refractivity contribution >= 4 is 16.9 Å². The Balaban J connectivity index is 2.01. The van der Waals surface area contributed by atoms with E-state index in [9.17, 15) is 0 Å². The molecule has 0 bridgehead atoms. The second-order valence-electron chi connectivity index (χ2n) is 3.89. The predicted octanol–water partition coefficient (Wildman–Crippen LogP) is 2.99. The van der Waals surface area contributed by atoms with Crippen LogP contribution in [0.3, 0.4) is 0 Å². The van der Waals surface area contributed by atoms with Crippen LogP contribution < -0.4 is 0 Å². The van der Waals surface area contributed by atoms with Crippen LogP contribution in [-0.4, -0.2) is 19.0 Å². The fourth-order valence-electron chi connectivity index (χ4n) is 1.85. The second kappa shape index (κ2) is 4.00. The lowest BCUT2D eigenvalue weighted by Gasteiger charge is -2.01. The minimum absolute atomic E-state index is 0.647. The third kappa shape index (κ3) is 1.69. The van der Waals surface area contributed by atoms with Gasteiger partial charge < -0.3 is 9.15 Å². The van der Waals surface area contributed by atoms with Gasteiger partial charge in [-0.2, -0.15) is 0 Å². The van der Waals surface area contributed by atoms with E-state index >= 15 is 0 Å². The predicted molar refractivity (Wildman–Crippen MR) is 62.8 cm³/mol. The van der Waals surface area contributed by atoms with Crippen LogP contribution in [0.15, 0.2) is 39.7 Å². The highest BCUT2D eigenvalue weighted by Gasteiger charge is 2.13. The molecule has 3 rings (SSSR count). The van der Waals surface area contributed by atoms with E-state index in [0.717, 1.165) is 42.7 Å². The van der Waals surface area contributed by atoms with E-state index < -0.39 is 0 Å². The molecule has 2 aromatic rings. The van der Waals surface area contributed by atoms with Crippen molar-refractivity contribution in [2.45, 2.75) is 12.8 Å². The van der Waals surface area contributed by atoms with Crippen LogP contribution in [0, 0.1) is 0 Å². The molecule has 1 aliphatic heterocycles. The third-order valence-corrected chi connectivity index (χ3v) is 2.68. The molecule has 0 spiro atoms. The van der Waals surface area contributed by atoms with Crippen molar-refractivity contribution in [3.8, 4) is 0 Å². The van der Waals surface area contributed by atoms with E-state index in [4.69, 9.17) is 9.15 Å². The number of hydrogen-bond donors (Lipinski definition) is 0. The molecule has 82 valence electrons. The highest BCUT2D eigenvalue weighted by atomic mass is 16.5. The van der Waals surface area contributed by atoms with Crippen molar-refractivity contribution in [1.82, 2.24) is 0 Å². The summed E-state index contributed by atoms with van der Waals surface area (Å²) in [5.74, 6) is 1.39. The normalized spacial score (nSPS) is 16.6. The zero-order chi connectivity index (χ0) is 10.8. The molecule has 0 radical (unpaired) electrons. The minimum atomic E-state index is 0.647. The van der Waals surface area contributed by atoms with Gasteiger partial charge in [0.25, 0.3) is 5.90 Å². The summed E-state index contributed by atoms with van der Waals surface area (Å²) >= 11 is 0. The Morgan fingerprint density at radius 3 is 3.00 bits per heavy atom. The Kier molecular flexibility index (Phi) is 2.37. The Morgan fingerprint density at radius 1 is 1.12 bits per heavy atom. The lowest BCUT2D eigenvalue weighted by molar-refractivity contribution is 0.299. The monoisotopic (exact) mass is 215 g/mol. The van der Waals surface area contributed by atoms with E-state index in [1.807, 2.05) is 30.3 Å². The first kappa shape index (κ1) is 9.46. The number of aliphatic imine (C=N–C) groups is 1. The van der Waals surface area contributed by atoms with Gasteiger partial charge in [-0.3, -0.25) is 0 Å². The highest BCUT2D eigenvalue weighted by Crippen LogP contribution is 2.20. The van der Waals surface area contributed by atoms with E-state index in [2.05, 4.69) is 4.99 Å². The average Bonchev–Trinajstić information content (AvgIpc) is 2.56. The molecule has 2 heterocycles. The molecule has 1 aliphatic rings. The van der Waals surface area contributed by atoms with Gasteiger partial charge in [-0.05, 0) is 25.0 Å².